The Hall–Kier alpha value is -4.22. The SMILES string of the molecule is CN(C)CCCOc1ccccc1OC(=Cc1ccccc1)C(=O)COC(=O)CC(O)(CC(=O)O)C(=O)O. The Kier molecular flexibility index (Phi) is 11.5. The molecule has 3 N–H and O–H groups in total. The highest BCUT2D eigenvalue weighted by Gasteiger charge is 2.41. The van der Waals surface area contributed by atoms with Crippen molar-refractivity contribution in [3.8, 4) is 11.5 Å². The summed E-state index contributed by atoms with van der Waals surface area (Å²) in [4.78, 5) is 49.3. The lowest BCUT2D eigenvalue weighted by atomic mass is 9.96. The third kappa shape index (κ3) is 10.0. The zero-order valence-corrected chi connectivity index (χ0v) is 21.2. The lowest BCUT2D eigenvalue weighted by Gasteiger charge is -2.20. The number of esters is 1. The molecule has 0 spiro atoms. The smallest absolute Gasteiger partial charge is 0.336 e. The van der Waals surface area contributed by atoms with E-state index in [0.29, 0.717) is 17.9 Å². The third-order valence-corrected chi connectivity index (χ3v) is 5.09. The Morgan fingerprint density at radius 2 is 1.55 bits per heavy atom. The van der Waals surface area contributed by atoms with Crippen LogP contribution in [-0.4, -0.2) is 83.4 Å². The summed E-state index contributed by atoms with van der Waals surface area (Å²) in [5, 5.41) is 28.0. The molecule has 0 saturated heterocycles. The average molecular weight is 530 g/mol. The number of hydrogen-bond donors (Lipinski definition) is 3. The maximum atomic E-state index is 13.0. The number of ether oxygens (including phenoxy) is 3. The van der Waals surface area contributed by atoms with Gasteiger partial charge in [-0.05, 0) is 44.3 Å². The summed E-state index contributed by atoms with van der Waals surface area (Å²) in [6, 6.07) is 15.5. The number of hydrogen-bond acceptors (Lipinski definition) is 9. The Morgan fingerprint density at radius 1 is 0.921 bits per heavy atom. The number of carboxylic acid groups (broad SMARTS) is 2. The van der Waals surface area contributed by atoms with E-state index >= 15 is 0 Å². The van der Waals surface area contributed by atoms with Gasteiger partial charge in [-0.3, -0.25) is 14.4 Å². The van der Waals surface area contributed by atoms with Gasteiger partial charge in [0.25, 0.3) is 0 Å². The number of nitrogens with zero attached hydrogens (tertiary/aromatic N) is 1. The number of rotatable bonds is 16. The highest BCUT2D eigenvalue weighted by atomic mass is 16.5. The second kappa shape index (κ2) is 14.5. The molecule has 2 aromatic carbocycles. The number of ketones is 1. The minimum absolute atomic E-state index is 0.188. The number of para-hydroxylation sites is 2. The molecule has 0 aliphatic carbocycles. The second-order valence-corrected chi connectivity index (χ2v) is 8.64. The number of carboxylic acids is 2. The fraction of sp³-hybridized carbons (Fsp3) is 0.333. The van der Waals surface area contributed by atoms with Gasteiger partial charge in [0.2, 0.25) is 5.78 Å². The van der Waals surface area contributed by atoms with E-state index < -0.39 is 48.7 Å². The first-order valence-electron chi connectivity index (χ1n) is 11.7. The molecule has 11 nitrogen and oxygen atoms in total. The van der Waals surface area contributed by atoms with Gasteiger partial charge in [-0.1, -0.05) is 42.5 Å². The van der Waals surface area contributed by atoms with Crippen LogP contribution in [0.25, 0.3) is 6.08 Å². The van der Waals surface area contributed by atoms with E-state index in [2.05, 4.69) is 0 Å². The largest absolute Gasteiger partial charge is 0.490 e. The summed E-state index contributed by atoms with van der Waals surface area (Å²) in [6.07, 6.45) is -0.187. The third-order valence-electron chi connectivity index (χ3n) is 5.09. The van der Waals surface area contributed by atoms with Crippen molar-refractivity contribution in [1.29, 1.82) is 0 Å². The van der Waals surface area contributed by atoms with Gasteiger partial charge in [0, 0.05) is 6.54 Å². The predicted molar refractivity (Wildman–Crippen MR) is 136 cm³/mol. The van der Waals surface area contributed by atoms with Gasteiger partial charge in [-0.25, -0.2) is 4.79 Å². The summed E-state index contributed by atoms with van der Waals surface area (Å²) in [7, 11) is 3.90. The molecule has 0 saturated carbocycles. The van der Waals surface area contributed by atoms with Crippen LogP contribution in [0.1, 0.15) is 24.8 Å². The molecule has 2 aromatic rings. The van der Waals surface area contributed by atoms with Crippen molar-refractivity contribution in [2.24, 2.45) is 0 Å². The molecule has 0 heterocycles. The molecule has 0 bridgehead atoms. The van der Waals surface area contributed by atoms with Gasteiger partial charge >= 0.3 is 17.9 Å². The fourth-order valence-corrected chi connectivity index (χ4v) is 3.17. The van der Waals surface area contributed by atoms with Crippen LogP contribution >= 0.6 is 0 Å². The zero-order valence-electron chi connectivity index (χ0n) is 21.2. The molecule has 1 unspecified atom stereocenters. The lowest BCUT2D eigenvalue weighted by Crippen LogP contribution is -2.43. The van der Waals surface area contributed by atoms with E-state index in [1.807, 2.05) is 19.0 Å². The van der Waals surface area contributed by atoms with Gasteiger partial charge in [-0.2, -0.15) is 0 Å². The highest BCUT2D eigenvalue weighted by molar-refractivity contribution is 6.00. The average Bonchev–Trinajstić information content (AvgIpc) is 2.85. The van der Waals surface area contributed by atoms with Crippen molar-refractivity contribution in [2.45, 2.75) is 24.9 Å². The first-order chi connectivity index (χ1) is 18.0. The number of Topliss-reactive ketones (excluding diaryl/α,β-unsaturated/α-hetero) is 1. The van der Waals surface area contributed by atoms with Gasteiger partial charge in [0.15, 0.2) is 29.5 Å². The molecule has 0 aliphatic rings. The maximum absolute atomic E-state index is 13.0. The summed E-state index contributed by atoms with van der Waals surface area (Å²) >= 11 is 0. The number of benzene rings is 2. The van der Waals surface area contributed by atoms with Crippen LogP contribution in [0.2, 0.25) is 0 Å². The second-order valence-electron chi connectivity index (χ2n) is 8.64. The van der Waals surface area contributed by atoms with Crippen molar-refractivity contribution in [2.75, 3.05) is 33.9 Å². The normalized spacial score (nSPS) is 12.9. The van der Waals surface area contributed by atoms with Gasteiger partial charge < -0.3 is 34.4 Å². The molecule has 11 heteroatoms. The van der Waals surface area contributed by atoms with Crippen LogP contribution in [0.5, 0.6) is 11.5 Å². The molecule has 1 atom stereocenters. The van der Waals surface area contributed by atoms with Crippen molar-refractivity contribution in [3.63, 3.8) is 0 Å². The number of carbonyl (C=O) groups excluding carboxylic acids is 2. The van der Waals surface area contributed by atoms with Crippen LogP contribution in [0.3, 0.4) is 0 Å². The Bertz CT molecular complexity index is 1150. The standard InChI is InChI=1S/C27H31NO10/c1-28(2)13-8-14-36-21-11-6-7-12-22(21)38-23(15-19-9-4-3-5-10-19)20(29)18-37-25(32)17-27(35,26(33)34)16-24(30)31/h3-7,9-12,15,35H,8,13-14,16-18H2,1-2H3,(H,30,31)(H,33,34). The van der Waals surface area contributed by atoms with Crippen LogP contribution in [0.4, 0.5) is 0 Å². The molecule has 0 aromatic heterocycles. The maximum Gasteiger partial charge on any atom is 0.336 e. The quantitative estimate of drug-likeness (QED) is 0.127. The Labute approximate surface area is 219 Å². The molecular formula is C27H31NO10. The van der Waals surface area contributed by atoms with Crippen LogP contribution < -0.4 is 9.47 Å². The van der Waals surface area contributed by atoms with E-state index in [-0.39, 0.29) is 11.5 Å². The lowest BCUT2D eigenvalue weighted by molar-refractivity contribution is -0.172. The van der Waals surface area contributed by atoms with E-state index in [4.69, 9.17) is 24.4 Å². The number of aliphatic carboxylic acids is 2. The van der Waals surface area contributed by atoms with Gasteiger partial charge in [-0.15, -0.1) is 0 Å². The molecule has 0 radical (unpaired) electrons. The highest BCUT2D eigenvalue weighted by Crippen LogP contribution is 2.29. The van der Waals surface area contributed by atoms with Crippen molar-refractivity contribution < 1.29 is 48.7 Å². The fourth-order valence-electron chi connectivity index (χ4n) is 3.17. The van der Waals surface area contributed by atoms with Crippen LogP contribution in [0.15, 0.2) is 60.4 Å². The Morgan fingerprint density at radius 3 is 2.16 bits per heavy atom. The topological polar surface area (TPSA) is 160 Å². The van der Waals surface area contributed by atoms with Gasteiger partial charge in [0.1, 0.15) is 0 Å². The summed E-state index contributed by atoms with van der Waals surface area (Å²) in [6.45, 7) is 0.381. The molecule has 0 fully saturated rings. The van der Waals surface area contributed by atoms with Crippen LogP contribution in [-0.2, 0) is 23.9 Å². The number of aliphatic hydroxyl groups is 1. The summed E-state index contributed by atoms with van der Waals surface area (Å²) in [5.74, 6) is -5.10. The monoisotopic (exact) mass is 529 g/mol. The van der Waals surface area contributed by atoms with E-state index in [1.54, 1.807) is 54.6 Å². The Balaban J connectivity index is 2.18. The predicted octanol–water partition coefficient (Wildman–Crippen LogP) is 2.23. The molecule has 204 valence electrons. The van der Waals surface area contributed by atoms with E-state index in [1.165, 1.54) is 6.08 Å². The van der Waals surface area contributed by atoms with Gasteiger partial charge in [0.05, 0.1) is 19.4 Å². The zero-order chi connectivity index (χ0) is 28.1. The number of carbonyl (C=O) groups is 4. The van der Waals surface area contributed by atoms with Crippen molar-refractivity contribution >= 4 is 29.8 Å². The minimum Gasteiger partial charge on any atom is -0.490 e. The molecular weight excluding hydrogens is 498 g/mol. The first-order valence-corrected chi connectivity index (χ1v) is 11.7. The van der Waals surface area contributed by atoms with Crippen LogP contribution in [0, 0.1) is 0 Å². The summed E-state index contributed by atoms with van der Waals surface area (Å²) in [5.41, 5.74) is -2.26. The van der Waals surface area contributed by atoms with Crippen molar-refractivity contribution in [1.82, 2.24) is 4.90 Å². The molecule has 0 aliphatic heterocycles. The molecule has 2 rings (SSSR count). The molecule has 38 heavy (non-hydrogen) atoms. The van der Waals surface area contributed by atoms with Crippen molar-refractivity contribution in [3.05, 3.63) is 65.9 Å². The van der Waals surface area contributed by atoms with E-state index in [9.17, 15) is 24.3 Å². The molecule has 0 amide bonds. The minimum atomic E-state index is -2.88. The van der Waals surface area contributed by atoms with E-state index in [0.717, 1.165) is 13.0 Å². The first kappa shape index (κ1) is 30.0. The summed E-state index contributed by atoms with van der Waals surface area (Å²) < 4.78 is 16.6.